The van der Waals surface area contributed by atoms with E-state index in [-0.39, 0.29) is 0 Å². The lowest BCUT2D eigenvalue weighted by molar-refractivity contribution is 0.0847. The van der Waals surface area contributed by atoms with Gasteiger partial charge in [-0.25, -0.2) is 0 Å². The van der Waals surface area contributed by atoms with Crippen LogP contribution in [-0.2, 0) is 11.3 Å². The lowest BCUT2D eigenvalue weighted by Crippen LogP contribution is -2.36. The van der Waals surface area contributed by atoms with Crippen LogP contribution in [0.3, 0.4) is 0 Å². The number of ether oxygens (including phenoxy) is 1. The Kier molecular flexibility index (Phi) is 3.67. The van der Waals surface area contributed by atoms with Crippen molar-refractivity contribution in [2.45, 2.75) is 56.7 Å². The Morgan fingerprint density at radius 2 is 2.11 bits per heavy atom. The van der Waals surface area contributed by atoms with E-state index in [4.69, 9.17) is 4.74 Å². The first kappa shape index (κ1) is 12.2. The summed E-state index contributed by atoms with van der Waals surface area (Å²) in [5, 5.41) is 3.66. The minimum atomic E-state index is 0.414. The van der Waals surface area contributed by atoms with Crippen molar-refractivity contribution in [1.29, 1.82) is 0 Å². The molecule has 1 aromatic carbocycles. The van der Waals surface area contributed by atoms with Gasteiger partial charge in [0, 0.05) is 19.7 Å². The van der Waals surface area contributed by atoms with Crippen molar-refractivity contribution in [3.05, 3.63) is 35.4 Å². The molecule has 0 radical (unpaired) electrons. The lowest BCUT2D eigenvalue weighted by atomic mass is 10.1. The highest BCUT2D eigenvalue weighted by molar-refractivity contribution is 5.29. The van der Waals surface area contributed by atoms with E-state index in [0.717, 1.165) is 12.5 Å². The summed E-state index contributed by atoms with van der Waals surface area (Å²) in [4.78, 5) is 0. The molecule has 0 bridgehead atoms. The van der Waals surface area contributed by atoms with Crippen LogP contribution in [0.15, 0.2) is 24.3 Å². The summed E-state index contributed by atoms with van der Waals surface area (Å²) in [6, 6.07) is 9.62. The molecule has 0 saturated heterocycles. The zero-order valence-corrected chi connectivity index (χ0v) is 11.2. The molecule has 1 N–H and O–H groups in total. The molecular formula is C16H23NO. The van der Waals surface area contributed by atoms with E-state index in [0.29, 0.717) is 12.1 Å². The van der Waals surface area contributed by atoms with Crippen LogP contribution in [0.4, 0.5) is 0 Å². The first-order valence-electron chi connectivity index (χ1n) is 7.22. The van der Waals surface area contributed by atoms with Gasteiger partial charge in [0.2, 0.25) is 0 Å². The fraction of sp³-hybridized carbons (Fsp3) is 0.625. The van der Waals surface area contributed by atoms with Gasteiger partial charge in [-0.1, -0.05) is 24.3 Å². The van der Waals surface area contributed by atoms with Gasteiger partial charge in [0.15, 0.2) is 0 Å². The molecule has 2 heteroatoms. The maximum absolute atomic E-state index is 5.52. The van der Waals surface area contributed by atoms with E-state index in [2.05, 4.69) is 29.6 Å². The number of benzene rings is 1. The van der Waals surface area contributed by atoms with E-state index >= 15 is 0 Å². The van der Waals surface area contributed by atoms with Gasteiger partial charge in [-0.2, -0.15) is 0 Å². The number of nitrogens with one attached hydrogen (secondary N) is 1. The van der Waals surface area contributed by atoms with Gasteiger partial charge in [-0.15, -0.1) is 0 Å². The molecular weight excluding hydrogens is 222 g/mol. The molecule has 2 atom stereocenters. The van der Waals surface area contributed by atoms with Crippen LogP contribution in [-0.4, -0.2) is 19.3 Å². The van der Waals surface area contributed by atoms with Gasteiger partial charge in [-0.05, 0) is 49.1 Å². The van der Waals surface area contributed by atoms with Gasteiger partial charge in [-0.3, -0.25) is 0 Å². The van der Waals surface area contributed by atoms with Crippen molar-refractivity contribution >= 4 is 0 Å². The molecule has 98 valence electrons. The molecule has 0 heterocycles. The summed E-state index contributed by atoms with van der Waals surface area (Å²) in [6.07, 6.45) is 6.92. The summed E-state index contributed by atoms with van der Waals surface area (Å²) >= 11 is 0. The highest BCUT2D eigenvalue weighted by Gasteiger charge is 2.26. The fourth-order valence-corrected chi connectivity index (χ4v) is 3.06. The molecule has 2 fully saturated rings. The van der Waals surface area contributed by atoms with Gasteiger partial charge in [0.25, 0.3) is 0 Å². The molecule has 18 heavy (non-hydrogen) atoms. The van der Waals surface area contributed by atoms with Crippen LogP contribution in [0.2, 0.25) is 0 Å². The van der Waals surface area contributed by atoms with Crippen LogP contribution in [0.1, 0.15) is 49.1 Å². The van der Waals surface area contributed by atoms with Gasteiger partial charge < -0.3 is 10.1 Å². The molecule has 1 aromatic rings. The SMILES string of the molecule is COC1CCCC1NCc1cccc(C2CC2)c1. The Labute approximate surface area is 110 Å². The first-order valence-corrected chi connectivity index (χ1v) is 7.22. The minimum Gasteiger partial charge on any atom is -0.380 e. The summed E-state index contributed by atoms with van der Waals surface area (Å²) in [5.74, 6) is 0.850. The van der Waals surface area contributed by atoms with Crippen molar-refractivity contribution in [3.63, 3.8) is 0 Å². The average molecular weight is 245 g/mol. The van der Waals surface area contributed by atoms with Crippen LogP contribution in [0.25, 0.3) is 0 Å². The summed E-state index contributed by atoms with van der Waals surface area (Å²) < 4.78 is 5.52. The molecule has 3 rings (SSSR count). The smallest absolute Gasteiger partial charge is 0.0724 e. The quantitative estimate of drug-likeness (QED) is 0.860. The first-order chi connectivity index (χ1) is 8.86. The lowest BCUT2D eigenvalue weighted by Gasteiger charge is -2.19. The predicted molar refractivity (Wildman–Crippen MR) is 73.7 cm³/mol. The third-order valence-electron chi connectivity index (χ3n) is 4.32. The Morgan fingerprint density at radius 1 is 1.22 bits per heavy atom. The number of rotatable bonds is 5. The summed E-state index contributed by atoms with van der Waals surface area (Å²) in [7, 11) is 1.83. The summed E-state index contributed by atoms with van der Waals surface area (Å²) in [5.41, 5.74) is 2.95. The molecule has 2 aliphatic carbocycles. The highest BCUT2D eigenvalue weighted by atomic mass is 16.5. The van der Waals surface area contributed by atoms with Crippen molar-refractivity contribution in [2.75, 3.05) is 7.11 Å². The van der Waals surface area contributed by atoms with E-state index in [1.165, 1.54) is 43.2 Å². The Hall–Kier alpha value is -0.860. The van der Waals surface area contributed by atoms with E-state index in [1.807, 2.05) is 7.11 Å². The third-order valence-corrected chi connectivity index (χ3v) is 4.32. The maximum atomic E-state index is 5.52. The summed E-state index contributed by atoms with van der Waals surface area (Å²) in [6.45, 7) is 0.977. The number of methoxy groups -OCH3 is 1. The Balaban J connectivity index is 1.57. The van der Waals surface area contributed by atoms with Crippen molar-refractivity contribution in [2.24, 2.45) is 0 Å². The predicted octanol–water partition coefficient (Wildman–Crippen LogP) is 3.22. The van der Waals surface area contributed by atoms with Crippen LogP contribution >= 0.6 is 0 Å². The van der Waals surface area contributed by atoms with Gasteiger partial charge in [0.05, 0.1) is 6.10 Å². The topological polar surface area (TPSA) is 21.3 Å². The zero-order chi connectivity index (χ0) is 12.4. The number of hydrogen-bond donors (Lipinski definition) is 1. The molecule has 0 spiro atoms. The average Bonchev–Trinajstić information content (AvgIpc) is 3.16. The molecule has 2 saturated carbocycles. The minimum absolute atomic E-state index is 0.414. The highest BCUT2D eigenvalue weighted by Crippen LogP contribution is 2.40. The second kappa shape index (κ2) is 5.41. The Morgan fingerprint density at radius 3 is 2.89 bits per heavy atom. The molecule has 0 amide bonds. The van der Waals surface area contributed by atoms with Gasteiger partial charge >= 0.3 is 0 Å². The van der Waals surface area contributed by atoms with Crippen LogP contribution in [0, 0.1) is 0 Å². The van der Waals surface area contributed by atoms with Crippen molar-refractivity contribution in [1.82, 2.24) is 5.32 Å². The second-order valence-corrected chi connectivity index (χ2v) is 5.71. The monoisotopic (exact) mass is 245 g/mol. The van der Waals surface area contributed by atoms with E-state index in [1.54, 1.807) is 0 Å². The Bertz CT molecular complexity index is 400. The van der Waals surface area contributed by atoms with Crippen LogP contribution in [0.5, 0.6) is 0 Å². The largest absolute Gasteiger partial charge is 0.380 e. The third kappa shape index (κ3) is 2.76. The standard InChI is InChI=1S/C16H23NO/c1-18-16-7-3-6-15(16)17-11-12-4-2-5-14(10-12)13-8-9-13/h2,4-5,10,13,15-17H,3,6-9,11H2,1H3. The van der Waals surface area contributed by atoms with E-state index in [9.17, 15) is 0 Å². The zero-order valence-electron chi connectivity index (χ0n) is 11.2. The molecule has 2 unspecified atom stereocenters. The van der Waals surface area contributed by atoms with Crippen LogP contribution < -0.4 is 5.32 Å². The second-order valence-electron chi connectivity index (χ2n) is 5.71. The van der Waals surface area contributed by atoms with E-state index < -0.39 is 0 Å². The molecule has 2 nitrogen and oxygen atoms in total. The maximum Gasteiger partial charge on any atom is 0.0724 e. The van der Waals surface area contributed by atoms with Gasteiger partial charge in [0.1, 0.15) is 0 Å². The molecule has 0 aromatic heterocycles. The normalized spacial score (nSPS) is 27.6. The number of hydrogen-bond acceptors (Lipinski definition) is 2. The molecule has 0 aliphatic heterocycles. The van der Waals surface area contributed by atoms with Crippen molar-refractivity contribution in [3.8, 4) is 0 Å². The molecule has 2 aliphatic rings. The fourth-order valence-electron chi connectivity index (χ4n) is 3.06. The van der Waals surface area contributed by atoms with Crippen molar-refractivity contribution < 1.29 is 4.74 Å².